The van der Waals surface area contributed by atoms with E-state index < -0.39 is 42.1 Å². The standard InChI is InChI=1S/C21H27IO6S/c1-5-6-15-29(24,25)28-22(17-11-8-7-9-12-17)18-13-10-14-19(16-18)26-20(23)27-21(2,3)4/h7-14,16H,5-6,15H2,1-4H3. The second kappa shape index (κ2) is 10.4. The molecule has 0 N–H and O–H groups in total. The van der Waals surface area contributed by atoms with Gasteiger partial charge in [0.1, 0.15) is 0 Å². The molecule has 0 aliphatic carbocycles. The zero-order valence-electron chi connectivity index (χ0n) is 17.1. The van der Waals surface area contributed by atoms with Crippen LogP contribution in [0.5, 0.6) is 5.75 Å². The van der Waals surface area contributed by atoms with Gasteiger partial charge < -0.3 is 0 Å². The van der Waals surface area contributed by atoms with Crippen LogP contribution in [-0.2, 0) is 17.4 Å². The summed E-state index contributed by atoms with van der Waals surface area (Å²) in [4.78, 5) is 12.0. The number of rotatable bonds is 8. The van der Waals surface area contributed by atoms with Gasteiger partial charge in [-0.15, -0.1) is 0 Å². The Morgan fingerprint density at radius 3 is 2.28 bits per heavy atom. The van der Waals surface area contributed by atoms with E-state index in [1.54, 1.807) is 45.0 Å². The Balaban J connectivity index is 2.30. The monoisotopic (exact) mass is 534 g/mol. The van der Waals surface area contributed by atoms with Gasteiger partial charge in [-0.3, -0.25) is 0 Å². The molecule has 160 valence electrons. The minimum atomic E-state index is -3.66. The molecule has 0 saturated heterocycles. The van der Waals surface area contributed by atoms with Crippen molar-refractivity contribution in [3.8, 4) is 5.75 Å². The molecular weight excluding hydrogens is 507 g/mol. The molecule has 0 saturated carbocycles. The fourth-order valence-corrected chi connectivity index (χ4v) is 9.56. The maximum atomic E-state index is 12.5. The molecule has 0 atom stereocenters. The number of halogens is 1. The van der Waals surface area contributed by atoms with Crippen molar-refractivity contribution in [3.63, 3.8) is 0 Å². The van der Waals surface area contributed by atoms with Crippen LogP contribution in [0.1, 0.15) is 40.5 Å². The molecule has 0 spiro atoms. The van der Waals surface area contributed by atoms with Crippen molar-refractivity contribution in [1.29, 1.82) is 0 Å². The van der Waals surface area contributed by atoms with Gasteiger partial charge in [-0.05, 0) is 0 Å². The number of unbranched alkanes of at least 4 members (excludes halogenated alkanes) is 1. The first-order chi connectivity index (χ1) is 13.6. The second-order valence-electron chi connectivity index (χ2n) is 7.25. The number of hydrogen-bond acceptors (Lipinski definition) is 6. The summed E-state index contributed by atoms with van der Waals surface area (Å²) in [5, 5.41) is 0. The van der Waals surface area contributed by atoms with E-state index in [2.05, 4.69) is 0 Å². The van der Waals surface area contributed by atoms with Crippen LogP contribution in [0.15, 0.2) is 54.6 Å². The number of carbonyl (C=O) groups is 1. The second-order valence-corrected chi connectivity index (χ2v) is 13.9. The van der Waals surface area contributed by atoms with Crippen LogP contribution in [0, 0.1) is 7.14 Å². The summed E-state index contributed by atoms with van der Waals surface area (Å²) in [6, 6.07) is 16.1. The van der Waals surface area contributed by atoms with E-state index in [1.165, 1.54) is 0 Å². The van der Waals surface area contributed by atoms with Gasteiger partial charge >= 0.3 is 181 Å². The summed E-state index contributed by atoms with van der Waals surface area (Å²) in [6.07, 6.45) is 0.496. The van der Waals surface area contributed by atoms with Crippen molar-refractivity contribution in [2.24, 2.45) is 0 Å². The van der Waals surface area contributed by atoms with Crippen LogP contribution in [0.25, 0.3) is 0 Å². The average Bonchev–Trinajstić information content (AvgIpc) is 2.64. The van der Waals surface area contributed by atoms with Gasteiger partial charge in [0.25, 0.3) is 0 Å². The summed E-state index contributed by atoms with van der Waals surface area (Å²) in [6.45, 7) is 7.18. The molecule has 0 fully saturated rings. The first kappa shape index (κ1) is 23.6. The molecule has 2 aromatic rings. The van der Waals surface area contributed by atoms with Crippen LogP contribution in [0.2, 0.25) is 0 Å². The molecule has 29 heavy (non-hydrogen) atoms. The van der Waals surface area contributed by atoms with E-state index in [-0.39, 0.29) is 11.5 Å². The fraction of sp³-hybridized carbons (Fsp3) is 0.381. The van der Waals surface area contributed by atoms with Crippen LogP contribution >= 0.6 is 20.2 Å². The van der Waals surface area contributed by atoms with Crippen LogP contribution in [0.4, 0.5) is 4.79 Å². The van der Waals surface area contributed by atoms with E-state index in [1.807, 2.05) is 37.3 Å². The minimum absolute atomic E-state index is 0.0155. The Morgan fingerprint density at radius 1 is 1.00 bits per heavy atom. The molecule has 0 amide bonds. The Morgan fingerprint density at radius 2 is 1.66 bits per heavy atom. The molecule has 6 nitrogen and oxygen atoms in total. The molecule has 0 aliphatic heterocycles. The summed E-state index contributed by atoms with van der Waals surface area (Å²) in [7, 11) is -3.66. The Kier molecular flexibility index (Phi) is 8.47. The molecule has 0 aromatic heterocycles. The maximum absolute atomic E-state index is 12.5. The SMILES string of the molecule is CCCCS(=O)(=O)OI(c1ccccc1)c1cccc(OC(=O)OC(C)(C)C)c1. The summed E-state index contributed by atoms with van der Waals surface area (Å²) >= 11 is -2.77. The van der Waals surface area contributed by atoms with Crippen LogP contribution in [-0.4, -0.2) is 25.9 Å². The molecular formula is C21H27IO6S. The number of benzene rings is 2. The first-order valence-corrected chi connectivity index (χ1v) is 13.9. The molecule has 0 unspecified atom stereocenters. The predicted molar refractivity (Wildman–Crippen MR) is 121 cm³/mol. The molecule has 0 bridgehead atoms. The van der Waals surface area contributed by atoms with Crippen molar-refractivity contribution < 1.29 is 25.2 Å². The van der Waals surface area contributed by atoms with Gasteiger partial charge in [0.15, 0.2) is 0 Å². The third-order valence-electron chi connectivity index (χ3n) is 3.42. The third-order valence-corrected chi connectivity index (χ3v) is 10.9. The molecule has 2 aromatic carbocycles. The van der Waals surface area contributed by atoms with E-state index >= 15 is 0 Å². The normalized spacial score (nSPS) is 12.3. The van der Waals surface area contributed by atoms with Gasteiger partial charge in [0.2, 0.25) is 0 Å². The van der Waals surface area contributed by atoms with E-state index in [4.69, 9.17) is 12.0 Å². The summed E-state index contributed by atoms with van der Waals surface area (Å²) < 4.78 is 42.7. The Hall–Kier alpha value is -1.65. The predicted octanol–water partition coefficient (Wildman–Crippen LogP) is 5.61. The summed E-state index contributed by atoms with van der Waals surface area (Å²) in [5.41, 5.74) is -0.673. The summed E-state index contributed by atoms with van der Waals surface area (Å²) in [5.74, 6) is 0.267. The van der Waals surface area contributed by atoms with Crippen LogP contribution in [0.3, 0.4) is 0 Å². The third kappa shape index (κ3) is 8.31. The Labute approximate surface area is 180 Å². The quantitative estimate of drug-likeness (QED) is 0.249. The topological polar surface area (TPSA) is 78.9 Å². The molecule has 0 aliphatic rings. The zero-order chi connectivity index (χ0) is 21.5. The molecule has 0 radical (unpaired) electrons. The van der Waals surface area contributed by atoms with Gasteiger partial charge in [0, 0.05) is 0 Å². The number of carbonyl (C=O) groups excluding carboxylic acids is 1. The van der Waals surface area contributed by atoms with E-state index in [0.29, 0.717) is 9.99 Å². The molecule has 8 heteroatoms. The molecule has 0 heterocycles. The number of hydrogen-bond donors (Lipinski definition) is 0. The average molecular weight is 534 g/mol. The van der Waals surface area contributed by atoms with Gasteiger partial charge in [-0.1, -0.05) is 0 Å². The van der Waals surface area contributed by atoms with Gasteiger partial charge in [-0.25, -0.2) is 0 Å². The molecule has 2 rings (SSSR count). The van der Waals surface area contributed by atoms with Crippen molar-refractivity contribution in [3.05, 3.63) is 61.7 Å². The van der Waals surface area contributed by atoms with Gasteiger partial charge in [0.05, 0.1) is 0 Å². The fourth-order valence-electron chi connectivity index (χ4n) is 2.18. The van der Waals surface area contributed by atoms with Crippen molar-refractivity contribution >= 4 is 36.5 Å². The van der Waals surface area contributed by atoms with Crippen molar-refractivity contribution in [1.82, 2.24) is 0 Å². The van der Waals surface area contributed by atoms with Crippen LogP contribution < -0.4 is 4.74 Å². The van der Waals surface area contributed by atoms with Crippen molar-refractivity contribution in [2.75, 3.05) is 5.75 Å². The first-order valence-electron chi connectivity index (χ1n) is 9.28. The van der Waals surface area contributed by atoms with E-state index in [0.717, 1.165) is 9.99 Å². The Bertz CT molecular complexity index is 906. The van der Waals surface area contributed by atoms with Gasteiger partial charge in [-0.2, -0.15) is 0 Å². The number of ether oxygens (including phenoxy) is 2. The zero-order valence-corrected chi connectivity index (χ0v) is 20.0. The van der Waals surface area contributed by atoms with Crippen molar-refractivity contribution in [2.45, 2.75) is 46.1 Å². The van der Waals surface area contributed by atoms with E-state index in [9.17, 15) is 13.2 Å².